The van der Waals surface area contributed by atoms with E-state index in [0.717, 1.165) is 12.1 Å². The highest BCUT2D eigenvalue weighted by atomic mass is 35.5. The topological polar surface area (TPSA) is 38.7 Å². The van der Waals surface area contributed by atoms with E-state index in [0.29, 0.717) is 5.56 Å². The number of halogens is 5. The first kappa shape index (κ1) is 13.0. The van der Waals surface area contributed by atoms with Crippen molar-refractivity contribution in [2.75, 3.05) is 0 Å². The van der Waals surface area contributed by atoms with E-state index < -0.39 is 11.7 Å². The second kappa shape index (κ2) is 4.70. The highest BCUT2D eigenvalue weighted by Crippen LogP contribution is 2.30. The summed E-state index contributed by atoms with van der Waals surface area (Å²) in [4.78, 5) is 11.1. The van der Waals surface area contributed by atoms with Crippen molar-refractivity contribution in [3.05, 3.63) is 40.4 Å². The molecule has 0 aliphatic carbocycles. The van der Waals surface area contributed by atoms with Crippen molar-refractivity contribution in [1.82, 2.24) is 15.0 Å². The molecular formula is C10H4Cl2F3N3. The summed E-state index contributed by atoms with van der Waals surface area (Å²) < 4.78 is 37.1. The molecule has 0 unspecified atom stereocenters. The molecule has 1 heterocycles. The Bertz CT molecular complexity index is 549. The van der Waals surface area contributed by atoms with Crippen LogP contribution in [0.25, 0.3) is 11.4 Å². The summed E-state index contributed by atoms with van der Waals surface area (Å²) in [6.07, 6.45) is -4.38. The van der Waals surface area contributed by atoms with Gasteiger partial charge < -0.3 is 0 Å². The molecule has 0 N–H and O–H groups in total. The van der Waals surface area contributed by atoms with Crippen LogP contribution in [0.5, 0.6) is 0 Å². The van der Waals surface area contributed by atoms with Gasteiger partial charge in [-0.15, -0.1) is 0 Å². The van der Waals surface area contributed by atoms with Crippen molar-refractivity contribution >= 4 is 23.2 Å². The molecule has 1 aromatic carbocycles. The molecule has 94 valence electrons. The predicted molar refractivity (Wildman–Crippen MR) is 60.3 cm³/mol. The van der Waals surface area contributed by atoms with Gasteiger partial charge >= 0.3 is 6.18 Å². The number of rotatable bonds is 1. The fourth-order valence-corrected chi connectivity index (χ4v) is 1.63. The molecule has 18 heavy (non-hydrogen) atoms. The lowest BCUT2D eigenvalue weighted by molar-refractivity contribution is -0.137. The molecule has 0 amide bonds. The number of benzene rings is 1. The van der Waals surface area contributed by atoms with Gasteiger partial charge in [-0.1, -0.05) is 12.1 Å². The maximum atomic E-state index is 12.4. The van der Waals surface area contributed by atoms with Crippen LogP contribution >= 0.6 is 23.2 Å². The first-order chi connectivity index (χ1) is 8.36. The quantitative estimate of drug-likeness (QED) is 0.801. The first-order valence-electron chi connectivity index (χ1n) is 4.61. The maximum absolute atomic E-state index is 12.4. The minimum atomic E-state index is -4.38. The minimum Gasteiger partial charge on any atom is -0.198 e. The van der Waals surface area contributed by atoms with Crippen LogP contribution in [0, 0.1) is 0 Å². The summed E-state index contributed by atoms with van der Waals surface area (Å²) in [6, 6.07) is 4.34. The van der Waals surface area contributed by atoms with Gasteiger partial charge in [0.05, 0.1) is 5.56 Å². The van der Waals surface area contributed by atoms with E-state index in [1.165, 1.54) is 12.1 Å². The summed E-state index contributed by atoms with van der Waals surface area (Å²) in [5, 5.41) is -0.241. The Kier molecular flexibility index (Phi) is 3.41. The zero-order valence-electron chi connectivity index (χ0n) is 8.54. The summed E-state index contributed by atoms with van der Waals surface area (Å²) >= 11 is 11.2. The maximum Gasteiger partial charge on any atom is 0.416 e. The van der Waals surface area contributed by atoms with Crippen LogP contribution in [0.1, 0.15) is 5.56 Å². The lowest BCUT2D eigenvalue weighted by atomic mass is 10.1. The average Bonchev–Trinajstić information content (AvgIpc) is 2.27. The van der Waals surface area contributed by atoms with E-state index in [1.54, 1.807) is 0 Å². The van der Waals surface area contributed by atoms with Gasteiger partial charge in [-0.3, -0.25) is 0 Å². The first-order valence-corrected chi connectivity index (χ1v) is 5.36. The van der Waals surface area contributed by atoms with E-state index in [2.05, 4.69) is 15.0 Å². The largest absolute Gasteiger partial charge is 0.416 e. The monoisotopic (exact) mass is 293 g/mol. The van der Waals surface area contributed by atoms with Crippen molar-refractivity contribution in [1.29, 1.82) is 0 Å². The third-order valence-corrected chi connectivity index (χ3v) is 2.39. The Morgan fingerprint density at radius 1 is 0.833 bits per heavy atom. The van der Waals surface area contributed by atoms with Crippen molar-refractivity contribution < 1.29 is 13.2 Å². The lowest BCUT2D eigenvalue weighted by Gasteiger charge is -2.07. The number of nitrogens with zero attached hydrogens (tertiary/aromatic N) is 3. The Balaban J connectivity index is 2.40. The Labute approximate surface area is 110 Å². The third-order valence-electron chi connectivity index (χ3n) is 2.05. The van der Waals surface area contributed by atoms with E-state index in [1.807, 2.05) is 0 Å². The molecule has 0 radical (unpaired) electrons. The van der Waals surface area contributed by atoms with E-state index in [9.17, 15) is 13.2 Å². The zero-order chi connectivity index (χ0) is 13.3. The molecular weight excluding hydrogens is 290 g/mol. The fourth-order valence-electron chi connectivity index (χ4n) is 1.26. The fraction of sp³-hybridized carbons (Fsp3) is 0.100. The van der Waals surface area contributed by atoms with Gasteiger partial charge in [-0.25, -0.2) is 0 Å². The highest BCUT2D eigenvalue weighted by molar-refractivity contribution is 6.31. The van der Waals surface area contributed by atoms with E-state index >= 15 is 0 Å². The molecule has 0 saturated heterocycles. The van der Waals surface area contributed by atoms with Gasteiger partial charge in [0.1, 0.15) is 0 Å². The molecule has 0 aliphatic heterocycles. The minimum absolute atomic E-state index is 0.119. The van der Waals surface area contributed by atoms with Crippen LogP contribution in [0.3, 0.4) is 0 Å². The third kappa shape index (κ3) is 2.88. The highest BCUT2D eigenvalue weighted by Gasteiger charge is 2.30. The van der Waals surface area contributed by atoms with Gasteiger partial charge in [0.15, 0.2) is 5.82 Å². The summed E-state index contributed by atoms with van der Waals surface area (Å²) in [5.74, 6) is 0.119. The molecule has 0 spiro atoms. The van der Waals surface area contributed by atoms with Gasteiger partial charge in [0.25, 0.3) is 0 Å². The van der Waals surface area contributed by atoms with Crippen LogP contribution < -0.4 is 0 Å². The van der Waals surface area contributed by atoms with E-state index in [-0.39, 0.29) is 16.4 Å². The number of aromatic nitrogens is 3. The molecule has 0 atom stereocenters. The summed E-state index contributed by atoms with van der Waals surface area (Å²) in [6.45, 7) is 0. The molecule has 2 aromatic rings. The lowest BCUT2D eigenvalue weighted by Crippen LogP contribution is -2.04. The van der Waals surface area contributed by atoms with Gasteiger partial charge in [0, 0.05) is 5.56 Å². The van der Waals surface area contributed by atoms with Gasteiger partial charge in [-0.05, 0) is 35.3 Å². The summed E-state index contributed by atoms with van der Waals surface area (Å²) in [7, 11) is 0. The molecule has 0 aliphatic rings. The van der Waals surface area contributed by atoms with Crippen molar-refractivity contribution in [3.8, 4) is 11.4 Å². The van der Waals surface area contributed by atoms with E-state index in [4.69, 9.17) is 23.2 Å². The smallest absolute Gasteiger partial charge is 0.198 e. The molecule has 0 fully saturated rings. The standard InChI is InChI=1S/C10H4Cl2F3N3/c11-8-16-7(17-9(12)18-8)5-1-3-6(4-2-5)10(13,14)15/h1-4H. The Morgan fingerprint density at radius 3 is 1.78 bits per heavy atom. The Morgan fingerprint density at radius 2 is 1.33 bits per heavy atom. The second-order valence-corrected chi connectivity index (χ2v) is 3.95. The second-order valence-electron chi connectivity index (χ2n) is 3.27. The molecule has 0 bridgehead atoms. The van der Waals surface area contributed by atoms with Crippen molar-refractivity contribution in [2.45, 2.75) is 6.18 Å². The summed E-state index contributed by atoms with van der Waals surface area (Å²) in [5.41, 5.74) is -0.383. The van der Waals surface area contributed by atoms with Crippen LogP contribution in [-0.2, 0) is 6.18 Å². The molecule has 1 aromatic heterocycles. The molecule has 3 nitrogen and oxygen atoms in total. The molecule has 0 saturated carbocycles. The number of alkyl halides is 3. The normalized spacial score (nSPS) is 11.6. The van der Waals surface area contributed by atoms with Crippen molar-refractivity contribution in [2.24, 2.45) is 0 Å². The number of hydrogen-bond donors (Lipinski definition) is 0. The van der Waals surface area contributed by atoms with Crippen LogP contribution in [0.4, 0.5) is 13.2 Å². The predicted octanol–water partition coefficient (Wildman–Crippen LogP) is 3.86. The molecule has 8 heteroatoms. The van der Waals surface area contributed by atoms with Crippen molar-refractivity contribution in [3.63, 3.8) is 0 Å². The van der Waals surface area contributed by atoms with Crippen LogP contribution in [0.15, 0.2) is 24.3 Å². The number of hydrogen-bond acceptors (Lipinski definition) is 3. The van der Waals surface area contributed by atoms with Crippen LogP contribution in [-0.4, -0.2) is 15.0 Å². The SMILES string of the molecule is FC(F)(F)c1ccc(-c2nc(Cl)nc(Cl)n2)cc1. The van der Waals surface area contributed by atoms with Crippen LogP contribution in [0.2, 0.25) is 10.6 Å². The average molecular weight is 294 g/mol. The van der Waals surface area contributed by atoms with Gasteiger partial charge in [0.2, 0.25) is 10.6 Å². The van der Waals surface area contributed by atoms with Gasteiger partial charge in [-0.2, -0.15) is 28.1 Å². The zero-order valence-corrected chi connectivity index (χ0v) is 10.1. The Hall–Kier alpha value is -1.40. The molecule has 2 rings (SSSR count).